The normalized spacial score (nSPS) is 10.1. The lowest BCUT2D eigenvalue weighted by Gasteiger charge is -2.11. The van der Waals surface area contributed by atoms with E-state index in [2.05, 4.69) is 17.6 Å². The summed E-state index contributed by atoms with van der Waals surface area (Å²) in [5.41, 5.74) is 1.37. The molecule has 2 aromatic carbocycles. The molecule has 0 saturated carbocycles. The molecular formula is C20H24N2O2S. The van der Waals surface area contributed by atoms with Crippen molar-refractivity contribution >= 4 is 28.9 Å². The van der Waals surface area contributed by atoms with Crippen LogP contribution in [0.25, 0.3) is 0 Å². The van der Waals surface area contributed by atoms with E-state index in [4.69, 9.17) is 17.0 Å². The van der Waals surface area contributed by atoms with Gasteiger partial charge in [0.25, 0.3) is 5.91 Å². The maximum Gasteiger partial charge on any atom is 0.257 e. The lowest BCUT2D eigenvalue weighted by Crippen LogP contribution is -2.34. The Hall–Kier alpha value is -2.40. The van der Waals surface area contributed by atoms with E-state index in [1.165, 1.54) is 19.3 Å². The van der Waals surface area contributed by atoms with Gasteiger partial charge in [0.2, 0.25) is 0 Å². The van der Waals surface area contributed by atoms with Gasteiger partial charge in [-0.3, -0.25) is 10.1 Å². The molecule has 0 radical (unpaired) electrons. The first-order valence-corrected chi connectivity index (χ1v) is 9.00. The first-order chi connectivity index (χ1) is 12.2. The summed E-state index contributed by atoms with van der Waals surface area (Å²) in [6.07, 6.45) is 4.74. The fraction of sp³-hybridized carbons (Fsp3) is 0.300. The van der Waals surface area contributed by atoms with Gasteiger partial charge in [0.05, 0.1) is 6.61 Å². The SMILES string of the molecule is CCCCCCOc1ccc(NC(=S)NC(=O)c2ccccc2)cc1. The predicted octanol–water partition coefficient (Wildman–Crippen LogP) is 4.77. The minimum Gasteiger partial charge on any atom is -0.494 e. The lowest BCUT2D eigenvalue weighted by atomic mass is 10.2. The van der Waals surface area contributed by atoms with Crippen molar-refractivity contribution in [1.29, 1.82) is 0 Å². The molecule has 0 fully saturated rings. The summed E-state index contributed by atoms with van der Waals surface area (Å²) >= 11 is 5.18. The molecule has 0 aromatic heterocycles. The number of benzene rings is 2. The summed E-state index contributed by atoms with van der Waals surface area (Å²) in [4.78, 5) is 12.0. The number of hydrogen-bond donors (Lipinski definition) is 2. The Morgan fingerprint density at radius 2 is 1.72 bits per heavy atom. The van der Waals surface area contributed by atoms with Crippen molar-refractivity contribution in [2.75, 3.05) is 11.9 Å². The molecule has 0 saturated heterocycles. The minimum atomic E-state index is -0.231. The van der Waals surface area contributed by atoms with Crippen LogP contribution in [0, 0.1) is 0 Å². The van der Waals surface area contributed by atoms with Gasteiger partial charge in [-0.25, -0.2) is 0 Å². The van der Waals surface area contributed by atoms with E-state index in [1.54, 1.807) is 12.1 Å². The standard InChI is InChI=1S/C20H24N2O2S/c1-2-3-4-8-15-24-18-13-11-17(12-14-18)21-20(25)22-19(23)16-9-6-5-7-10-16/h5-7,9-14H,2-4,8,15H2,1H3,(H2,21,22,23,25). The van der Waals surface area contributed by atoms with Crippen molar-refractivity contribution in [2.45, 2.75) is 32.6 Å². The molecule has 0 aliphatic carbocycles. The molecule has 0 atom stereocenters. The van der Waals surface area contributed by atoms with E-state index < -0.39 is 0 Å². The van der Waals surface area contributed by atoms with E-state index in [0.29, 0.717) is 5.56 Å². The monoisotopic (exact) mass is 356 g/mol. The summed E-state index contributed by atoms with van der Waals surface area (Å²) in [6.45, 7) is 2.93. The molecule has 25 heavy (non-hydrogen) atoms. The molecule has 0 aliphatic rings. The van der Waals surface area contributed by atoms with Crippen molar-refractivity contribution < 1.29 is 9.53 Å². The fourth-order valence-corrected chi connectivity index (χ4v) is 2.49. The van der Waals surface area contributed by atoms with E-state index >= 15 is 0 Å². The van der Waals surface area contributed by atoms with Crippen LogP contribution >= 0.6 is 12.2 Å². The highest BCUT2D eigenvalue weighted by Gasteiger charge is 2.07. The van der Waals surface area contributed by atoms with Gasteiger partial charge in [-0.15, -0.1) is 0 Å². The smallest absolute Gasteiger partial charge is 0.257 e. The number of carbonyl (C=O) groups is 1. The number of thiocarbonyl (C=S) groups is 1. The van der Waals surface area contributed by atoms with Gasteiger partial charge in [0.1, 0.15) is 5.75 Å². The molecule has 0 spiro atoms. The second-order valence-electron chi connectivity index (χ2n) is 5.71. The highest BCUT2D eigenvalue weighted by Crippen LogP contribution is 2.16. The van der Waals surface area contributed by atoms with Crippen LogP contribution < -0.4 is 15.4 Å². The maximum atomic E-state index is 12.0. The molecule has 1 amide bonds. The van der Waals surface area contributed by atoms with Gasteiger partial charge in [-0.05, 0) is 55.0 Å². The van der Waals surface area contributed by atoms with Gasteiger partial charge in [-0.1, -0.05) is 44.4 Å². The zero-order chi connectivity index (χ0) is 17.9. The maximum absolute atomic E-state index is 12.0. The number of anilines is 1. The van der Waals surface area contributed by atoms with Crippen molar-refractivity contribution in [3.8, 4) is 5.75 Å². The molecule has 132 valence electrons. The van der Waals surface area contributed by atoms with E-state index in [-0.39, 0.29) is 11.0 Å². The first-order valence-electron chi connectivity index (χ1n) is 8.59. The zero-order valence-corrected chi connectivity index (χ0v) is 15.3. The number of unbranched alkanes of at least 4 members (excludes halogenated alkanes) is 3. The largest absolute Gasteiger partial charge is 0.494 e. The van der Waals surface area contributed by atoms with Gasteiger partial charge in [0, 0.05) is 11.3 Å². The van der Waals surface area contributed by atoms with E-state index in [9.17, 15) is 4.79 Å². The molecular weight excluding hydrogens is 332 g/mol. The second kappa shape index (κ2) is 10.5. The number of ether oxygens (including phenoxy) is 1. The highest BCUT2D eigenvalue weighted by molar-refractivity contribution is 7.80. The van der Waals surface area contributed by atoms with E-state index in [0.717, 1.165) is 24.5 Å². The molecule has 0 heterocycles. The fourth-order valence-electron chi connectivity index (χ4n) is 2.28. The molecule has 4 nitrogen and oxygen atoms in total. The molecule has 2 rings (SSSR count). The average molecular weight is 356 g/mol. The number of carbonyl (C=O) groups excluding carboxylic acids is 1. The molecule has 0 aliphatic heterocycles. The number of rotatable bonds is 8. The third kappa shape index (κ3) is 6.93. The number of hydrogen-bond acceptors (Lipinski definition) is 3. The van der Waals surface area contributed by atoms with Crippen LogP contribution in [0.1, 0.15) is 43.0 Å². The molecule has 0 bridgehead atoms. The van der Waals surface area contributed by atoms with Crippen LogP contribution in [0.2, 0.25) is 0 Å². The molecule has 5 heteroatoms. The summed E-state index contributed by atoms with van der Waals surface area (Å²) in [6, 6.07) is 16.5. The summed E-state index contributed by atoms with van der Waals surface area (Å²) in [5, 5.41) is 5.93. The molecule has 2 aromatic rings. The van der Waals surface area contributed by atoms with E-state index in [1.807, 2.05) is 42.5 Å². The molecule has 2 N–H and O–H groups in total. The van der Waals surface area contributed by atoms with Gasteiger partial charge in [0.15, 0.2) is 5.11 Å². The average Bonchev–Trinajstić information content (AvgIpc) is 2.63. The van der Waals surface area contributed by atoms with Gasteiger partial charge < -0.3 is 10.1 Å². The summed E-state index contributed by atoms with van der Waals surface area (Å²) < 4.78 is 5.70. The Morgan fingerprint density at radius 3 is 2.40 bits per heavy atom. The van der Waals surface area contributed by atoms with Crippen LogP contribution in [-0.2, 0) is 0 Å². The van der Waals surface area contributed by atoms with Crippen LogP contribution in [-0.4, -0.2) is 17.6 Å². The Balaban J connectivity index is 1.76. The Morgan fingerprint density at radius 1 is 1.00 bits per heavy atom. The minimum absolute atomic E-state index is 0.231. The quantitative estimate of drug-likeness (QED) is 0.528. The third-order valence-electron chi connectivity index (χ3n) is 3.64. The first kappa shape index (κ1) is 18.9. The molecule has 0 unspecified atom stereocenters. The third-order valence-corrected chi connectivity index (χ3v) is 3.85. The van der Waals surface area contributed by atoms with Gasteiger partial charge in [-0.2, -0.15) is 0 Å². The Bertz CT molecular complexity index is 672. The highest BCUT2D eigenvalue weighted by atomic mass is 32.1. The van der Waals surface area contributed by atoms with Crippen molar-refractivity contribution in [3.05, 3.63) is 60.2 Å². The Kier molecular flexibility index (Phi) is 7.92. The van der Waals surface area contributed by atoms with Crippen LogP contribution in [0.15, 0.2) is 54.6 Å². The van der Waals surface area contributed by atoms with Crippen molar-refractivity contribution in [3.63, 3.8) is 0 Å². The van der Waals surface area contributed by atoms with Gasteiger partial charge >= 0.3 is 0 Å². The van der Waals surface area contributed by atoms with Crippen LogP contribution in [0.4, 0.5) is 5.69 Å². The van der Waals surface area contributed by atoms with Crippen LogP contribution in [0.3, 0.4) is 0 Å². The van der Waals surface area contributed by atoms with Crippen LogP contribution in [0.5, 0.6) is 5.75 Å². The predicted molar refractivity (Wildman–Crippen MR) is 106 cm³/mol. The topological polar surface area (TPSA) is 50.4 Å². The second-order valence-corrected chi connectivity index (χ2v) is 6.12. The summed E-state index contributed by atoms with van der Waals surface area (Å²) in [7, 11) is 0. The number of amides is 1. The summed E-state index contributed by atoms with van der Waals surface area (Å²) in [5.74, 6) is 0.603. The zero-order valence-electron chi connectivity index (χ0n) is 14.5. The lowest BCUT2D eigenvalue weighted by molar-refractivity contribution is 0.0977. The number of nitrogens with one attached hydrogen (secondary N) is 2. The van der Waals surface area contributed by atoms with Crippen molar-refractivity contribution in [2.24, 2.45) is 0 Å². The Labute approximate surface area is 154 Å². The van der Waals surface area contributed by atoms with Crippen molar-refractivity contribution in [1.82, 2.24) is 5.32 Å².